The number of carbonyl (C=O) groups excluding carboxylic acids is 2. The first-order valence-electron chi connectivity index (χ1n) is 8.37. The standard InChI is InChI=1S/C19H19ClN2O5/c1-11-13(20)3-2-4-14(11)22-19(25)18(24)21-8-7-15(23)12-5-6-16-17(9-12)27-10-26-16/h2-6,9,15,23H,7-8,10H2,1H3,(H,21,24)(H,22,25). The highest BCUT2D eigenvalue weighted by atomic mass is 35.5. The second kappa shape index (κ2) is 8.28. The topological polar surface area (TPSA) is 96.9 Å². The van der Waals surface area contributed by atoms with E-state index in [2.05, 4.69) is 10.6 Å². The third kappa shape index (κ3) is 4.50. The summed E-state index contributed by atoms with van der Waals surface area (Å²) in [5.74, 6) is -0.371. The highest BCUT2D eigenvalue weighted by Gasteiger charge is 2.18. The maximum atomic E-state index is 12.0. The number of fused-ring (bicyclic) bond motifs is 1. The van der Waals surface area contributed by atoms with Gasteiger partial charge in [0.05, 0.1) is 6.10 Å². The molecule has 8 heteroatoms. The van der Waals surface area contributed by atoms with Crippen LogP contribution in [-0.4, -0.2) is 30.3 Å². The number of rotatable bonds is 5. The summed E-state index contributed by atoms with van der Waals surface area (Å²) in [7, 11) is 0. The lowest BCUT2D eigenvalue weighted by molar-refractivity contribution is -0.136. The average molecular weight is 391 g/mol. The molecule has 3 rings (SSSR count). The van der Waals surface area contributed by atoms with Crippen molar-refractivity contribution in [3.63, 3.8) is 0 Å². The van der Waals surface area contributed by atoms with Crippen molar-refractivity contribution >= 4 is 29.1 Å². The lowest BCUT2D eigenvalue weighted by Crippen LogP contribution is -2.36. The van der Waals surface area contributed by atoms with Crippen LogP contribution in [0.3, 0.4) is 0 Å². The highest BCUT2D eigenvalue weighted by molar-refractivity contribution is 6.40. The SMILES string of the molecule is Cc1c(Cl)cccc1NC(=O)C(=O)NCCC(O)c1ccc2c(c1)OCO2. The van der Waals surface area contributed by atoms with Crippen molar-refractivity contribution in [2.75, 3.05) is 18.7 Å². The molecule has 0 bridgehead atoms. The quantitative estimate of drug-likeness (QED) is 0.682. The van der Waals surface area contributed by atoms with Crippen molar-refractivity contribution < 1.29 is 24.2 Å². The molecule has 0 saturated heterocycles. The third-order valence-electron chi connectivity index (χ3n) is 4.21. The van der Waals surface area contributed by atoms with Crippen molar-refractivity contribution in [1.29, 1.82) is 0 Å². The van der Waals surface area contributed by atoms with Crippen molar-refractivity contribution in [3.05, 3.63) is 52.5 Å². The minimum absolute atomic E-state index is 0.135. The number of nitrogens with one attached hydrogen (secondary N) is 2. The molecule has 2 amide bonds. The lowest BCUT2D eigenvalue weighted by atomic mass is 10.1. The summed E-state index contributed by atoms with van der Waals surface area (Å²) in [6.07, 6.45) is -0.562. The Morgan fingerprint density at radius 2 is 1.96 bits per heavy atom. The predicted octanol–water partition coefficient (Wildman–Crippen LogP) is 2.56. The Balaban J connectivity index is 1.48. The number of aliphatic hydroxyl groups excluding tert-OH is 1. The molecule has 7 nitrogen and oxygen atoms in total. The predicted molar refractivity (Wildman–Crippen MR) is 100.0 cm³/mol. The molecule has 0 aliphatic carbocycles. The maximum absolute atomic E-state index is 12.0. The summed E-state index contributed by atoms with van der Waals surface area (Å²) in [4.78, 5) is 23.9. The van der Waals surface area contributed by atoms with Crippen LogP contribution in [-0.2, 0) is 9.59 Å². The first-order chi connectivity index (χ1) is 13.0. The van der Waals surface area contributed by atoms with E-state index in [-0.39, 0.29) is 19.8 Å². The van der Waals surface area contributed by atoms with E-state index in [0.717, 1.165) is 0 Å². The zero-order valence-corrected chi connectivity index (χ0v) is 15.4. The first-order valence-corrected chi connectivity index (χ1v) is 8.75. The molecule has 1 heterocycles. The number of amides is 2. The van der Waals surface area contributed by atoms with Gasteiger partial charge < -0.3 is 25.2 Å². The number of ether oxygens (including phenoxy) is 2. The van der Waals surface area contributed by atoms with Gasteiger partial charge in [0.15, 0.2) is 11.5 Å². The molecule has 27 heavy (non-hydrogen) atoms. The number of aliphatic hydroxyl groups is 1. The molecule has 0 aromatic heterocycles. The Labute approximate surface area is 161 Å². The Kier molecular flexibility index (Phi) is 5.83. The van der Waals surface area contributed by atoms with Crippen LogP contribution in [0.15, 0.2) is 36.4 Å². The molecule has 0 spiro atoms. The minimum Gasteiger partial charge on any atom is -0.454 e. The largest absolute Gasteiger partial charge is 0.454 e. The first kappa shape index (κ1) is 19.0. The van der Waals surface area contributed by atoms with Gasteiger partial charge in [-0.15, -0.1) is 0 Å². The highest BCUT2D eigenvalue weighted by Crippen LogP contribution is 2.34. The number of halogens is 1. The second-order valence-corrected chi connectivity index (χ2v) is 6.45. The molecule has 0 radical (unpaired) electrons. The van der Waals surface area contributed by atoms with E-state index in [0.29, 0.717) is 33.3 Å². The Bertz CT molecular complexity index is 871. The molecule has 1 atom stereocenters. The van der Waals surface area contributed by atoms with E-state index in [1.165, 1.54) is 0 Å². The van der Waals surface area contributed by atoms with Crippen LogP contribution in [0, 0.1) is 6.92 Å². The molecule has 0 fully saturated rings. The number of anilines is 1. The maximum Gasteiger partial charge on any atom is 0.313 e. The van der Waals surface area contributed by atoms with Crippen LogP contribution in [0.5, 0.6) is 11.5 Å². The van der Waals surface area contributed by atoms with E-state index in [9.17, 15) is 14.7 Å². The van der Waals surface area contributed by atoms with Crippen molar-refractivity contribution in [2.45, 2.75) is 19.4 Å². The molecule has 3 N–H and O–H groups in total. The van der Waals surface area contributed by atoms with E-state index in [1.807, 2.05) is 0 Å². The van der Waals surface area contributed by atoms with Gasteiger partial charge in [-0.1, -0.05) is 23.7 Å². The average Bonchev–Trinajstić information content (AvgIpc) is 3.13. The lowest BCUT2D eigenvalue weighted by Gasteiger charge is -2.13. The monoisotopic (exact) mass is 390 g/mol. The fourth-order valence-corrected chi connectivity index (χ4v) is 2.79. The van der Waals surface area contributed by atoms with Crippen molar-refractivity contribution in [3.8, 4) is 11.5 Å². The number of hydrogen-bond acceptors (Lipinski definition) is 5. The number of benzene rings is 2. The number of hydrogen-bond donors (Lipinski definition) is 3. The van der Waals surface area contributed by atoms with Gasteiger partial charge >= 0.3 is 11.8 Å². The van der Waals surface area contributed by atoms with Crippen LogP contribution >= 0.6 is 11.6 Å². The van der Waals surface area contributed by atoms with Gasteiger partial charge in [0.25, 0.3) is 0 Å². The van der Waals surface area contributed by atoms with Crippen LogP contribution in [0.2, 0.25) is 5.02 Å². The number of carbonyl (C=O) groups is 2. The van der Waals surface area contributed by atoms with Crippen molar-refractivity contribution in [2.24, 2.45) is 0 Å². The van der Waals surface area contributed by atoms with E-state index >= 15 is 0 Å². The van der Waals surface area contributed by atoms with Gasteiger partial charge in [0.1, 0.15) is 0 Å². The van der Waals surface area contributed by atoms with E-state index in [4.69, 9.17) is 21.1 Å². The smallest absolute Gasteiger partial charge is 0.313 e. The summed E-state index contributed by atoms with van der Waals surface area (Å²) in [6, 6.07) is 10.2. The van der Waals surface area contributed by atoms with Gasteiger partial charge in [-0.3, -0.25) is 9.59 Å². The molecule has 1 unspecified atom stereocenters. The zero-order chi connectivity index (χ0) is 19.4. The van der Waals surface area contributed by atoms with E-state index in [1.54, 1.807) is 43.3 Å². The molecule has 0 saturated carbocycles. The molecule has 142 valence electrons. The Hall–Kier alpha value is -2.77. The third-order valence-corrected chi connectivity index (χ3v) is 4.62. The van der Waals surface area contributed by atoms with Crippen LogP contribution in [0.25, 0.3) is 0 Å². The summed E-state index contributed by atoms with van der Waals surface area (Å²) in [5.41, 5.74) is 1.80. The summed E-state index contributed by atoms with van der Waals surface area (Å²) in [6.45, 7) is 2.04. The van der Waals surface area contributed by atoms with Crippen LogP contribution in [0.1, 0.15) is 23.7 Å². The molecule has 1 aliphatic rings. The Morgan fingerprint density at radius 1 is 1.19 bits per heavy atom. The Morgan fingerprint density at radius 3 is 2.78 bits per heavy atom. The molecule has 2 aromatic rings. The van der Waals surface area contributed by atoms with Gasteiger partial charge in [-0.05, 0) is 48.7 Å². The van der Waals surface area contributed by atoms with Gasteiger partial charge in [0.2, 0.25) is 6.79 Å². The summed E-state index contributed by atoms with van der Waals surface area (Å²) >= 11 is 5.99. The summed E-state index contributed by atoms with van der Waals surface area (Å²) < 4.78 is 10.5. The molecule has 1 aliphatic heterocycles. The summed E-state index contributed by atoms with van der Waals surface area (Å²) in [5, 5.41) is 15.8. The van der Waals surface area contributed by atoms with Gasteiger partial charge in [-0.2, -0.15) is 0 Å². The normalized spacial score (nSPS) is 13.1. The van der Waals surface area contributed by atoms with Gasteiger partial charge in [-0.25, -0.2) is 0 Å². The van der Waals surface area contributed by atoms with Crippen LogP contribution < -0.4 is 20.1 Å². The zero-order valence-electron chi connectivity index (χ0n) is 14.6. The molecular formula is C19H19ClN2O5. The van der Waals surface area contributed by atoms with Crippen LogP contribution in [0.4, 0.5) is 5.69 Å². The minimum atomic E-state index is -0.807. The molecule has 2 aromatic carbocycles. The van der Waals surface area contributed by atoms with Gasteiger partial charge in [0, 0.05) is 17.3 Å². The fraction of sp³-hybridized carbons (Fsp3) is 0.263. The van der Waals surface area contributed by atoms with E-state index < -0.39 is 17.9 Å². The second-order valence-electron chi connectivity index (χ2n) is 6.04. The molecular weight excluding hydrogens is 372 g/mol. The fourth-order valence-electron chi connectivity index (χ4n) is 2.61. The van der Waals surface area contributed by atoms with Crippen molar-refractivity contribution in [1.82, 2.24) is 5.32 Å².